The van der Waals surface area contributed by atoms with Crippen molar-refractivity contribution < 1.29 is 27.9 Å². The molecular formula is C13H8F3NO3S. The Morgan fingerprint density at radius 3 is 2.43 bits per heavy atom. The summed E-state index contributed by atoms with van der Waals surface area (Å²) < 4.78 is 38.0. The number of halogens is 3. The fourth-order valence-electron chi connectivity index (χ4n) is 1.60. The molecule has 1 heterocycles. The third-order valence-corrected chi connectivity index (χ3v) is 3.44. The first-order valence-corrected chi connectivity index (χ1v) is 6.46. The average Bonchev–Trinajstić information content (AvgIpc) is 2.91. The van der Waals surface area contributed by atoms with E-state index in [4.69, 9.17) is 5.11 Å². The van der Waals surface area contributed by atoms with Gasteiger partial charge in [-0.2, -0.15) is 13.2 Å². The van der Waals surface area contributed by atoms with Crippen molar-refractivity contribution in [2.75, 3.05) is 5.32 Å². The molecule has 2 N–H and O–H groups in total. The van der Waals surface area contributed by atoms with Crippen LogP contribution < -0.4 is 5.32 Å². The number of carbonyl (C=O) groups excluding carboxylic acids is 1. The van der Waals surface area contributed by atoms with E-state index in [1.54, 1.807) is 11.4 Å². The lowest BCUT2D eigenvalue weighted by Crippen LogP contribution is -2.15. The molecule has 1 aromatic heterocycles. The fraction of sp³-hybridized carbons (Fsp3) is 0.0769. The van der Waals surface area contributed by atoms with Gasteiger partial charge in [-0.15, -0.1) is 11.3 Å². The van der Waals surface area contributed by atoms with E-state index < -0.39 is 34.9 Å². The van der Waals surface area contributed by atoms with Crippen LogP contribution in [0.15, 0.2) is 35.7 Å². The summed E-state index contributed by atoms with van der Waals surface area (Å²) in [7, 11) is 0. The number of carboxylic acids is 1. The van der Waals surface area contributed by atoms with E-state index in [-0.39, 0.29) is 4.88 Å². The van der Waals surface area contributed by atoms with Crippen molar-refractivity contribution in [1.82, 2.24) is 0 Å². The van der Waals surface area contributed by atoms with E-state index in [0.717, 1.165) is 17.4 Å². The molecule has 0 spiro atoms. The highest BCUT2D eigenvalue weighted by Crippen LogP contribution is 2.32. The Balaban J connectivity index is 2.39. The maximum atomic E-state index is 12.7. The number of nitrogens with one attached hydrogen (secondary N) is 1. The summed E-state index contributed by atoms with van der Waals surface area (Å²) in [6.45, 7) is 0. The van der Waals surface area contributed by atoms with Crippen molar-refractivity contribution >= 4 is 28.9 Å². The molecule has 0 radical (unpaired) electrons. The number of aromatic carboxylic acids is 1. The third kappa shape index (κ3) is 3.40. The van der Waals surface area contributed by atoms with Crippen LogP contribution in [0.2, 0.25) is 0 Å². The van der Waals surface area contributed by atoms with Gasteiger partial charge in [0.2, 0.25) is 0 Å². The Kier molecular flexibility index (Phi) is 3.99. The zero-order valence-electron chi connectivity index (χ0n) is 10.3. The van der Waals surface area contributed by atoms with Crippen molar-refractivity contribution in [3.05, 3.63) is 51.7 Å². The summed E-state index contributed by atoms with van der Waals surface area (Å²) in [5.74, 6) is -2.09. The third-order valence-electron chi connectivity index (χ3n) is 2.57. The van der Waals surface area contributed by atoms with Gasteiger partial charge >= 0.3 is 12.1 Å². The van der Waals surface area contributed by atoms with Crippen LogP contribution in [-0.2, 0) is 6.18 Å². The van der Waals surface area contributed by atoms with Gasteiger partial charge in [0.15, 0.2) is 0 Å². The monoisotopic (exact) mass is 315 g/mol. The van der Waals surface area contributed by atoms with Gasteiger partial charge in [-0.25, -0.2) is 4.79 Å². The minimum absolute atomic E-state index is 0.267. The van der Waals surface area contributed by atoms with Crippen LogP contribution in [0.3, 0.4) is 0 Å². The summed E-state index contributed by atoms with van der Waals surface area (Å²) >= 11 is 1.09. The molecule has 0 aliphatic rings. The van der Waals surface area contributed by atoms with Crippen LogP contribution in [0.5, 0.6) is 0 Å². The summed E-state index contributed by atoms with van der Waals surface area (Å²) in [4.78, 5) is 23.1. The quantitative estimate of drug-likeness (QED) is 0.907. The lowest BCUT2D eigenvalue weighted by atomic mass is 10.1. The predicted molar refractivity (Wildman–Crippen MR) is 70.7 cm³/mol. The van der Waals surface area contributed by atoms with Crippen LogP contribution in [0.1, 0.15) is 25.6 Å². The van der Waals surface area contributed by atoms with Gasteiger partial charge in [0, 0.05) is 0 Å². The van der Waals surface area contributed by atoms with Crippen molar-refractivity contribution in [1.29, 1.82) is 0 Å². The van der Waals surface area contributed by atoms with Gasteiger partial charge < -0.3 is 10.4 Å². The molecule has 0 fully saturated rings. The zero-order chi connectivity index (χ0) is 15.6. The Morgan fingerprint density at radius 1 is 1.19 bits per heavy atom. The molecule has 0 atom stereocenters. The highest BCUT2D eigenvalue weighted by molar-refractivity contribution is 7.12. The topological polar surface area (TPSA) is 66.4 Å². The number of amides is 1. The van der Waals surface area contributed by atoms with Crippen LogP contribution >= 0.6 is 11.3 Å². The molecule has 0 saturated heterocycles. The first-order chi connectivity index (χ1) is 9.79. The van der Waals surface area contributed by atoms with Crippen molar-refractivity contribution in [2.45, 2.75) is 6.18 Å². The molecule has 2 aromatic rings. The molecule has 4 nitrogen and oxygen atoms in total. The molecule has 8 heteroatoms. The van der Waals surface area contributed by atoms with Crippen LogP contribution in [0.25, 0.3) is 0 Å². The lowest BCUT2D eigenvalue weighted by molar-refractivity contribution is -0.137. The number of carbonyl (C=O) groups is 2. The van der Waals surface area contributed by atoms with E-state index in [9.17, 15) is 22.8 Å². The van der Waals surface area contributed by atoms with Crippen LogP contribution in [0.4, 0.5) is 18.9 Å². The number of thiophene rings is 1. The number of alkyl halides is 3. The average molecular weight is 315 g/mol. The largest absolute Gasteiger partial charge is 0.478 e. The highest BCUT2D eigenvalue weighted by Gasteiger charge is 2.31. The van der Waals surface area contributed by atoms with Crippen molar-refractivity contribution in [3.63, 3.8) is 0 Å². The maximum Gasteiger partial charge on any atom is 0.416 e. The summed E-state index contributed by atoms with van der Waals surface area (Å²) in [5, 5.41) is 12.8. The van der Waals surface area contributed by atoms with Gasteiger partial charge in [0.1, 0.15) is 0 Å². The van der Waals surface area contributed by atoms with E-state index in [0.29, 0.717) is 12.1 Å². The van der Waals surface area contributed by atoms with E-state index in [1.165, 1.54) is 6.07 Å². The lowest BCUT2D eigenvalue weighted by Gasteiger charge is -2.12. The molecule has 2 rings (SSSR count). The summed E-state index contributed by atoms with van der Waals surface area (Å²) in [6, 6.07) is 5.16. The second kappa shape index (κ2) is 5.57. The predicted octanol–water partition coefficient (Wildman–Crippen LogP) is 3.72. The molecular weight excluding hydrogens is 307 g/mol. The molecule has 1 aromatic carbocycles. The minimum atomic E-state index is -4.63. The maximum absolute atomic E-state index is 12.7. The zero-order valence-corrected chi connectivity index (χ0v) is 11.1. The normalized spacial score (nSPS) is 11.2. The Labute approximate surface area is 120 Å². The Morgan fingerprint density at radius 2 is 1.90 bits per heavy atom. The highest BCUT2D eigenvalue weighted by atomic mass is 32.1. The summed E-state index contributed by atoms with van der Waals surface area (Å²) in [5.41, 5.74) is -1.84. The molecule has 0 aliphatic carbocycles. The smallest absolute Gasteiger partial charge is 0.416 e. The SMILES string of the molecule is O=C(Nc1cc(C(F)(F)F)ccc1C(=O)O)c1cccs1. The fourth-order valence-corrected chi connectivity index (χ4v) is 2.22. The second-order valence-corrected chi connectivity index (χ2v) is 4.94. The number of anilines is 1. The van der Waals surface area contributed by atoms with Crippen LogP contribution in [0, 0.1) is 0 Å². The van der Waals surface area contributed by atoms with Crippen LogP contribution in [-0.4, -0.2) is 17.0 Å². The second-order valence-electron chi connectivity index (χ2n) is 3.99. The first-order valence-electron chi connectivity index (χ1n) is 5.58. The number of hydrogen-bond donors (Lipinski definition) is 2. The number of benzene rings is 1. The van der Waals surface area contributed by atoms with E-state index >= 15 is 0 Å². The molecule has 0 unspecified atom stereocenters. The summed E-state index contributed by atoms with van der Waals surface area (Å²) in [6.07, 6.45) is -4.63. The standard InChI is InChI=1S/C13H8F3NO3S/c14-13(15,16)7-3-4-8(12(19)20)9(6-7)17-11(18)10-2-1-5-21-10/h1-6H,(H,17,18)(H,19,20). The number of carboxylic acid groups (broad SMARTS) is 1. The molecule has 0 saturated carbocycles. The minimum Gasteiger partial charge on any atom is -0.478 e. The first kappa shape index (κ1) is 15.0. The Hall–Kier alpha value is -2.35. The van der Waals surface area contributed by atoms with Crippen molar-refractivity contribution in [3.8, 4) is 0 Å². The van der Waals surface area contributed by atoms with Gasteiger partial charge in [0.25, 0.3) is 5.91 Å². The van der Waals surface area contributed by atoms with E-state index in [1.807, 2.05) is 0 Å². The molecule has 21 heavy (non-hydrogen) atoms. The van der Waals surface area contributed by atoms with Gasteiger partial charge in [-0.1, -0.05) is 6.07 Å². The molecule has 110 valence electrons. The van der Waals surface area contributed by atoms with Gasteiger partial charge in [-0.3, -0.25) is 4.79 Å². The Bertz CT molecular complexity index is 680. The van der Waals surface area contributed by atoms with Crippen molar-refractivity contribution in [2.24, 2.45) is 0 Å². The van der Waals surface area contributed by atoms with Gasteiger partial charge in [0.05, 0.1) is 21.7 Å². The molecule has 0 aliphatic heterocycles. The number of hydrogen-bond acceptors (Lipinski definition) is 3. The molecule has 1 amide bonds. The van der Waals surface area contributed by atoms with Gasteiger partial charge in [-0.05, 0) is 29.6 Å². The molecule has 0 bridgehead atoms. The van der Waals surface area contributed by atoms with E-state index in [2.05, 4.69) is 5.32 Å². The number of rotatable bonds is 3.